The first-order valence-electron chi connectivity index (χ1n) is 4.40. The molecule has 4 N–H and O–H groups in total. The lowest BCUT2D eigenvalue weighted by atomic mass is 10.1. The van der Waals surface area contributed by atoms with E-state index in [0.29, 0.717) is 11.4 Å². The lowest BCUT2D eigenvalue weighted by molar-refractivity contribution is 0.0698. The van der Waals surface area contributed by atoms with Crippen molar-refractivity contribution in [3.8, 4) is 0 Å². The van der Waals surface area contributed by atoms with E-state index in [1.54, 1.807) is 12.1 Å². The van der Waals surface area contributed by atoms with E-state index in [1.165, 1.54) is 6.07 Å². The Morgan fingerprint density at radius 3 is 2.64 bits per heavy atom. The molecule has 0 saturated heterocycles. The molecule has 0 aromatic heterocycles. The number of hydrogen-bond donors (Lipinski definition) is 3. The number of hydrogen-bond acceptors (Lipinski definition) is 3. The second-order valence-electron chi connectivity index (χ2n) is 3.37. The van der Waals surface area contributed by atoms with Crippen molar-refractivity contribution >= 4 is 17.3 Å². The van der Waals surface area contributed by atoms with E-state index in [-0.39, 0.29) is 11.6 Å². The molecule has 0 aliphatic heterocycles. The summed E-state index contributed by atoms with van der Waals surface area (Å²) in [4.78, 5) is 10.9. The fraction of sp³-hybridized carbons (Fsp3) is 0.300. The van der Waals surface area contributed by atoms with Crippen LogP contribution in [0.3, 0.4) is 0 Å². The molecular formula is C10H14N2O2. The highest BCUT2D eigenvalue weighted by Crippen LogP contribution is 2.24. The average Bonchev–Trinajstić information content (AvgIpc) is 2.07. The number of nitrogen functional groups attached to an aromatic ring is 1. The molecule has 0 heterocycles. The summed E-state index contributed by atoms with van der Waals surface area (Å²) < 4.78 is 0. The maximum Gasteiger partial charge on any atom is 0.337 e. The van der Waals surface area contributed by atoms with Crippen molar-refractivity contribution in [1.82, 2.24) is 0 Å². The molecule has 76 valence electrons. The maximum atomic E-state index is 10.9. The lowest BCUT2D eigenvalue weighted by Gasteiger charge is -2.14. The van der Waals surface area contributed by atoms with Gasteiger partial charge in [-0.1, -0.05) is 6.07 Å². The molecule has 0 saturated carbocycles. The van der Waals surface area contributed by atoms with Crippen molar-refractivity contribution < 1.29 is 9.90 Å². The minimum Gasteiger partial charge on any atom is -0.478 e. The van der Waals surface area contributed by atoms with E-state index in [4.69, 9.17) is 10.8 Å². The Balaban J connectivity index is 3.15. The van der Waals surface area contributed by atoms with Crippen LogP contribution < -0.4 is 11.1 Å². The predicted octanol–water partition coefficient (Wildman–Crippen LogP) is 1.79. The molecule has 0 spiro atoms. The minimum absolute atomic E-state index is 0.151. The van der Waals surface area contributed by atoms with Gasteiger partial charge in [0.15, 0.2) is 0 Å². The fourth-order valence-electron chi connectivity index (χ4n) is 1.20. The fourth-order valence-corrected chi connectivity index (χ4v) is 1.20. The largest absolute Gasteiger partial charge is 0.478 e. The number of para-hydroxylation sites is 1. The van der Waals surface area contributed by atoms with E-state index in [2.05, 4.69) is 5.32 Å². The first-order chi connectivity index (χ1) is 6.52. The van der Waals surface area contributed by atoms with Gasteiger partial charge in [-0.2, -0.15) is 0 Å². The zero-order chi connectivity index (χ0) is 10.7. The Hall–Kier alpha value is -1.71. The van der Waals surface area contributed by atoms with E-state index in [9.17, 15) is 4.79 Å². The van der Waals surface area contributed by atoms with Crippen LogP contribution in [0.1, 0.15) is 24.2 Å². The number of nitrogens with two attached hydrogens (primary N) is 1. The van der Waals surface area contributed by atoms with Gasteiger partial charge >= 0.3 is 5.97 Å². The molecule has 1 rings (SSSR count). The summed E-state index contributed by atoms with van der Waals surface area (Å²) in [6, 6.07) is 4.99. The smallest absolute Gasteiger partial charge is 0.337 e. The SMILES string of the molecule is CC(C)Nc1c(N)cccc1C(=O)O. The number of anilines is 2. The zero-order valence-electron chi connectivity index (χ0n) is 8.24. The highest BCUT2D eigenvalue weighted by molar-refractivity contribution is 5.97. The minimum atomic E-state index is -0.972. The van der Waals surface area contributed by atoms with Gasteiger partial charge in [0.25, 0.3) is 0 Å². The molecule has 0 bridgehead atoms. The number of aromatic carboxylic acids is 1. The zero-order valence-corrected chi connectivity index (χ0v) is 8.24. The third-order valence-corrected chi connectivity index (χ3v) is 1.76. The van der Waals surface area contributed by atoms with Gasteiger partial charge < -0.3 is 16.2 Å². The molecule has 0 radical (unpaired) electrons. The van der Waals surface area contributed by atoms with Crippen LogP contribution in [0.4, 0.5) is 11.4 Å². The van der Waals surface area contributed by atoms with Crippen molar-refractivity contribution in [3.05, 3.63) is 23.8 Å². The van der Waals surface area contributed by atoms with Gasteiger partial charge in [0.2, 0.25) is 0 Å². The molecule has 1 aromatic rings. The highest BCUT2D eigenvalue weighted by atomic mass is 16.4. The van der Waals surface area contributed by atoms with Crippen molar-refractivity contribution in [2.75, 3.05) is 11.1 Å². The van der Waals surface area contributed by atoms with Crippen LogP contribution in [0.2, 0.25) is 0 Å². The standard InChI is InChI=1S/C10H14N2O2/c1-6(2)12-9-7(10(13)14)4-3-5-8(9)11/h3-6,12H,11H2,1-2H3,(H,13,14). The first-order valence-corrected chi connectivity index (χ1v) is 4.40. The van der Waals surface area contributed by atoms with E-state index in [0.717, 1.165) is 0 Å². The van der Waals surface area contributed by atoms with Crippen LogP contribution >= 0.6 is 0 Å². The number of carboxylic acid groups (broad SMARTS) is 1. The number of carboxylic acids is 1. The summed E-state index contributed by atoms with van der Waals surface area (Å²) in [6.45, 7) is 3.86. The Labute approximate surface area is 82.7 Å². The van der Waals surface area contributed by atoms with Gasteiger partial charge in [-0.25, -0.2) is 4.79 Å². The average molecular weight is 194 g/mol. The molecule has 0 unspecified atom stereocenters. The monoisotopic (exact) mass is 194 g/mol. The second-order valence-corrected chi connectivity index (χ2v) is 3.37. The van der Waals surface area contributed by atoms with Gasteiger partial charge in [-0.3, -0.25) is 0 Å². The Morgan fingerprint density at radius 2 is 2.14 bits per heavy atom. The number of benzene rings is 1. The summed E-state index contributed by atoms with van der Waals surface area (Å²) in [6.07, 6.45) is 0. The van der Waals surface area contributed by atoms with Gasteiger partial charge in [-0.15, -0.1) is 0 Å². The van der Waals surface area contributed by atoms with Crippen LogP contribution in [-0.4, -0.2) is 17.1 Å². The molecular weight excluding hydrogens is 180 g/mol. The number of carbonyl (C=O) groups is 1. The van der Waals surface area contributed by atoms with Crippen LogP contribution in [0.5, 0.6) is 0 Å². The Morgan fingerprint density at radius 1 is 1.50 bits per heavy atom. The Bertz CT molecular complexity index is 348. The quantitative estimate of drug-likeness (QED) is 0.641. The van der Waals surface area contributed by atoms with Crippen LogP contribution in [-0.2, 0) is 0 Å². The molecule has 0 atom stereocenters. The van der Waals surface area contributed by atoms with Crippen LogP contribution in [0.15, 0.2) is 18.2 Å². The second kappa shape index (κ2) is 4.00. The normalized spacial score (nSPS) is 10.2. The first kappa shape index (κ1) is 10.4. The molecule has 0 amide bonds. The summed E-state index contributed by atoms with van der Waals surface area (Å²) in [7, 11) is 0. The maximum absolute atomic E-state index is 10.9. The summed E-state index contributed by atoms with van der Waals surface area (Å²) >= 11 is 0. The molecule has 4 nitrogen and oxygen atoms in total. The molecule has 0 aliphatic rings. The lowest BCUT2D eigenvalue weighted by Crippen LogP contribution is -2.15. The topological polar surface area (TPSA) is 75.3 Å². The number of rotatable bonds is 3. The molecule has 1 aromatic carbocycles. The molecule has 0 aliphatic carbocycles. The molecule has 4 heteroatoms. The predicted molar refractivity (Wildman–Crippen MR) is 56.6 cm³/mol. The van der Waals surface area contributed by atoms with E-state index in [1.807, 2.05) is 13.8 Å². The van der Waals surface area contributed by atoms with Crippen LogP contribution in [0.25, 0.3) is 0 Å². The number of nitrogens with one attached hydrogen (secondary N) is 1. The highest BCUT2D eigenvalue weighted by Gasteiger charge is 2.12. The van der Waals surface area contributed by atoms with Crippen molar-refractivity contribution in [3.63, 3.8) is 0 Å². The summed E-state index contributed by atoms with van der Waals surface area (Å²) in [5.41, 5.74) is 6.84. The van der Waals surface area contributed by atoms with Gasteiger partial charge in [0, 0.05) is 6.04 Å². The van der Waals surface area contributed by atoms with E-state index < -0.39 is 5.97 Å². The third kappa shape index (κ3) is 2.16. The van der Waals surface area contributed by atoms with Crippen LogP contribution in [0, 0.1) is 0 Å². The van der Waals surface area contributed by atoms with Gasteiger partial charge in [-0.05, 0) is 26.0 Å². The van der Waals surface area contributed by atoms with Crippen molar-refractivity contribution in [2.45, 2.75) is 19.9 Å². The van der Waals surface area contributed by atoms with Crippen molar-refractivity contribution in [2.24, 2.45) is 0 Å². The Kier molecular flexibility index (Phi) is 2.96. The molecule has 0 fully saturated rings. The van der Waals surface area contributed by atoms with Gasteiger partial charge in [0.1, 0.15) is 0 Å². The molecule has 14 heavy (non-hydrogen) atoms. The summed E-state index contributed by atoms with van der Waals surface area (Å²) in [5, 5.41) is 11.9. The van der Waals surface area contributed by atoms with Gasteiger partial charge in [0.05, 0.1) is 16.9 Å². The summed E-state index contributed by atoms with van der Waals surface area (Å²) in [5.74, 6) is -0.972. The van der Waals surface area contributed by atoms with Crippen molar-refractivity contribution in [1.29, 1.82) is 0 Å². The van der Waals surface area contributed by atoms with E-state index >= 15 is 0 Å². The third-order valence-electron chi connectivity index (χ3n) is 1.76.